The van der Waals surface area contributed by atoms with Crippen LogP contribution in [0.3, 0.4) is 0 Å². The first-order chi connectivity index (χ1) is 7.63. The Morgan fingerprint density at radius 1 is 1.44 bits per heavy atom. The van der Waals surface area contributed by atoms with Gasteiger partial charge < -0.3 is 9.84 Å². The fourth-order valence-corrected chi connectivity index (χ4v) is 1.79. The van der Waals surface area contributed by atoms with Crippen molar-refractivity contribution in [2.75, 3.05) is 0 Å². The number of ether oxygens (including phenoxy) is 1. The van der Waals surface area contributed by atoms with Crippen molar-refractivity contribution in [3.8, 4) is 5.75 Å². The summed E-state index contributed by atoms with van der Waals surface area (Å²) in [6.07, 6.45) is 1.77. The minimum atomic E-state index is -1.11. The van der Waals surface area contributed by atoms with E-state index < -0.39 is 12.2 Å². The van der Waals surface area contributed by atoms with E-state index in [-0.39, 0.29) is 5.78 Å². The van der Waals surface area contributed by atoms with Crippen molar-refractivity contribution in [3.05, 3.63) is 41.5 Å². The van der Waals surface area contributed by atoms with Crippen molar-refractivity contribution in [3.63, 3.8) is 0 Å². The maximum atomic E-state index is 11.9. The fourth-order valence-electron chi connectivity index (χ4n) is 1.79. The number of ketones is 1. The van der Waals surface area contributed by atoms with Crippen molar-refractivity contribution in [2.45, 2.75) is 26.1 Å². The van der Waals surface area contributed by atoms with Crippen molar-refractivity contribution in [1.29, 1.82) is 0 Å². The molecule has 1 aliphatic heterocycles. The van der Waals surface area contributed by atoms with Gasteiger partial charge in [0, 0.05) is 0 Å². The van der Waals surface area contributed by atoms with E-state index in [0.717, 1.165) is 5.56 Å². The summed E-state index contributed by atoms with van der Waals surface area (Å²) in [7, 11) is 0. The summed E-state index contributed by atoms with van der Waals surface area (Å²) in [5, 5.41) is 9.78. The highest BCUT2D eigenvalue weighted by Crippen LogP contribution is 2.29. The molecule has 1 aliphatic rings. The second kappa shape index (κ2) is 4.10. The second-order valence-corrected chi connectivity index (χ2v) is 3.92. The Labute approximate surface area is 94.4 Å². The number of benzene rings is 1. The third kappa shape index (κ3) is 1.74. The van der Waals surface area contributed by atoms with Gasteiger partial charge in [-0.3, -0.25) is 4.79 Å². The molecule has 1 heterocycles. The van der Waals surface area contributed by atoms with Crippen LogP contribution >= 0.6 is 0 Å². The van der Waals surface area contributed by atoms with E-state index in [0.29, 0.717) is 11.3 Å². The van der Waals surface area contributed by atoms with E-state index in [1.807, 2.05) is 19.9 Å². The lowest BCUT2D eigenvalue weighted by Crippen LogP contribution is -2.41. The van der Waals surface area contributed by atoms with Gasteiger partial charge in [-0.25, -0.2) is 0 Å². The fraction of sp³-hybridized carbons (Fsp3) is 0.308. The lowest BCUT2D eigenvalue weighted by atomic mass is 9.96. The van der Waals surface area contributed by atoms with Gasteiger partial charge in [-0.05, 0) is 32.1 Å². The van der Waals surface area contributed by atoms with Gasteiger partial charge in [0.1, 0.15) is 5.75 Å². The second-order valence-electron chi connectivity index (χ2n) is 3.92. The number of hydrogen-bond acceptors (Lipinski definition) is 3. The molecule has 0 fully saturated rings. The Hall–Kier alpha value is -1.61. The Balaban J connectivity index is 2.44. The Morgan fingerprint density at radius 2 is 2.19 bits per heavy atom. The Morgan fingerprint density at radius 3 is 2.88 bits per heavy atom. The van der Waals surface area contributed by atoms with Gasteiger partial charge in [0.2, 0.25) is 0 Å². The van der Waals surface area contributed by atoms with Crippen LogP contribution in [0.25, 0.3) is 0 Å². The summed E-state index contributed by atoms with van der Waals surface area (Å²) in [5.41, 5.74) is 1.45. The molecule has 0 saturated heterocycles. The predicted octanol–water partition coefficient (Wildman–Crippen LogP) is 1.88. The molecule has 84 valence electrons. The Bertz CT molecular complexity index is 448. The van der Waals surface area contributed by atoms with Crippen LogP contribution < -0.4 is 4.74 Å². The van der Waals surface area contributed by atoms with Crippen LogP contribution in [0.1, 0.15) is 22.8 Å². The van der Waals surface area contributed by atoms with Crippen LogP contribution in [0, 0.1) is 6.92 Å². The topological polar surface area (TPSA) is 46.5 Å². The molecule has 1 N–H and O–H groups in total. The van der Waals surface area contributed by atoms with Gasteiger partial charge >= 0.3 is 0 Å². The van der Waals surface area contributed by atoms with Gasteiger partial charge in [-0.1, -0.05) is 17.7 Å². The van der Waals surface area contributed by atoms with Crippen molar-refractivity contribution in [1.82, 2.24) is 0 Å². The van der Waals surface area contributed by atoms with Crippen molar-refractivity contribution in [2.24, 2.45) is 0 Å². The van der Waals surface area contributed by atoms with E-state index in [1.54, 1.807) is 24.3 Å². The van der Waals surface area contributed by atoms with Crippen LogP contribution in [0.4, 0.5) is 0 Å². The normalized spacial score (nSPS) is 24.3. The number of carbonyl (C=O) groups excluding carboxylic acids is 1. The summed E-state index contributed by atoms with van der Waals surface area (Å²) < 4.78 is 5.55. The highest BCUT2D eigenvalue weighted by atomic mass is 16.5. The highest BCUT2D eigenvalue weighted by molar-refractivity contribution is 6.03. The summed E-state index contributed by atoms with van der Waals surface area (Å²) in [4.78, 5) is 11.9. The van der Waals surface area contributed by atoms with Crippen molar-refractivity contribution < 1.29 is 14.6 Å². The molecule has 0 saturated carbocycles. The number of rotatable bonds is 1. The standard InChI is InChI=1S/C13H14O3/c1-3-4-11-13(15)12(14)9-7-8(2)5-6-10(9)16-11/h3-7,11,13,15H,1-2H3/b4-3+. The summed E-state index contributed by atoms with van der Waals surface area (Å²) >= 11 is 0. The zero-order valence-corrected chi connectivity index (χ0v) is 9.31. The molecule has 0 aliphatic carbocycles. The molecule has 0 bridgehead atoms. The predicted molar refractivity (Wildman–Crippen MR) is 60.7 cm³/mol. The molecule has 0 aromatic heterocycles. The first-order valence-corrected chi connectivity index (χ1v) is 5.26. The number of aliphatic hydroxyl groups is 1. The number of allylic oxidation sites excluding steroid dienone is 1. The summed E-state index contributed by atoms with van der Waals surface area (Å²) in [5.74, 6) is 0.275. The molecule has 2 atom stereocenters. The maximum Gasteiger partial charge on any atom is 0.199 e. The van der Waals surface area contributed by atoms with Crippen LogP contribution in [0.2, 0.25) is 0 Å². The molecule has 2 unspecified atom stereocenters. The van der Waals surface area contributed by atoms with Crippen molar-refractivity contribution >= 4 is 5.78 Å². The minimum absolute atomic E-state index is 0.270. The van der Waals surface area contributed by atoms with Crippen LogP contribution in [0.5, 0.6) is 5.75 Å². The smallest absolute Gasteiger partial charge is 0.199 e. The maximum absolute atomic E-state index is 11.9. The van der Waals surface area contributed by atoms with Gasteiger partial charge in [0.05, 0.1) is 5.56 Å². The van der Waals surface area contributed by atoms with E-state index in [9.17, 15) is 9.90 Å². The summed E-state index contributed by atoms with van der Waals surface area (Å²) in [6.45, 7) is 3.73. The number of aryl methyl sites for hydroxylation is 1. The molecule has 1 aromatic rings. The molecular formula is C13H14O3. The monoisotopic (exact) mass is 218 g/mol. The first kappa shape index (κ1) is 10.9. The number of carbonyl (C=O) groups is 1. The molecule has 0 amide bonds. The largest absolute Gasteiger partial charge is 0.482 e. The van der Waals surface area contributed by atoms with Gasteiger partial charge in [-0.15, -0.1) is 0 Å². The molecule has 0 spiro atoms. The molecule has 3 heteroatoms. The van der Waals surface area contributed by atoms with E-state index in [4.69, 9.17) is 4.74 Å². The SMILES string of the molecule is C/C=C/C1Oc2ccc(C)cc2C(=O)C1O. The lowest BCUT2D eigenvalue weighted by Gasteiger charge is -2.27. The third-order valence-electron chi connectivity index (χ3n) is 2.63. The highest BCUT2D eigenvalue weighted by Gasteiger charge is 2.34. The van der Waals surface area contributed by atoms with E-state index in [1.165, 1.54) is 0 Å². The minimum Gasteiger partial charge on any atom is -0.482 e. The molecule has 16 heavy (non-hydrogen) atoms. The van der Waals surface area contributed by atoms with Crippen LogP contribution in [0.15, 0.2) is 30.4 Å². The van der Waals surface area contributed by atoms with E-state index >= 15 is 0 Å². The Kier molecular flexibility index (Phi) is 2.79. The van der Waals surface area contributed by atoms with Crippen LogP contribution in [-0.2, 0) is 0 Å². The number of fused-ring (bicyclic) bond motifs is 1. The molecule has 0 radical (unpaired) electrons. The number of hydrogen-bond donors (Lipinski definition) is 1. The molecule has 3 nitrogen and oxygen atoms in total. The van der Waals surface area contributed by atoms with Gasteiger partial charge in [-0.2, -0.15) is 0 Å². The zero-order valence-electron chi connectivity index (χ0n) is 9.31. The third-order valence-corrected chi connectivity index (χ3v) is 2.63. The molecule has 2 rings (SSSR count). The summed E-state index contributed by atoms with van der Waals surface area (Å²) in [6, 6.07) is 5.40. The number of aliphatic hydroxyl groups excluding tert-OH is 1. The van der Waals surface area contributed by atoms with Gasteiger partial charge in [0.15, 0.2) is 18.0 Å². The van der Waals surface area contributed by atoms with Gasteiger partial charge in [0.25, 0.3) is 0 Å². The zero-order chi connectivity index (χ0) is 11.7. The lowest BCUT2D eigenvalue weighted by molar-refractivity contribution is 0.0378. The quantitative estimate of drug-likeness (QED) is 0.732. The average Bonchev–Trinajstić information content (AvgIpc) is 2.27. The van der Waals surface area contributed by atoms with E-state index in [2.05, 4.69) is 0 Å². The van der Waals surface area contributed by atoms with Crippen LogP contribution in [-0.4, -0.2) is 23.1 Å². The first-order valence-electron chi connectivity index (χ1n) is 5.26. The molecule has 1 aromatic carbocycles. The number of Topliss-reactive ketones (excluding diaryl/α,β-unsaturated/α-hetero) is 1. The average molecular weight is 218 g/mol. The molecular weight excluding hydrogens is 204 g/mol.